The van der Waals surface area contributed by atoms with Crippen molar-refractivity contribution in [3.05, 3.63) is 12.4 Å². The molecule has 1 rings (SSSR count). The van der Waals surface area contributed by atoms with Crippen molar-refractivity contribution in [1.29, 1.82) is 0 Å². The molecule has 1 aromatic rings. The van der Waals surface area contributed by atoms with Gasteiger partial charge in [0.15, 0.2) is 0 Å². The first kappa shape index (κ1) is 17.1. The van der Waals surface area contributed by atoms with Gasteiger partial charge in [-0.3, -0.25) is 9.48 Å². The van der Waals surface area contributed by atoms with E-state index in [4.69, 9.17) is 4.74 Å². The minimum absolute atomic E-state index is 0.0461. The lowest BCUT2D eigenvalue weighted by Gasteiger charge is -2.26. The lowest BCUT2D eigenvalue weighted by Crippen LogP contribution is -2.47. The first-order valence-electron chi connectivity index (χ1n) is 7.05. The predicted molar refractivity (Wildman–Crippen MR) is 77.3 cm³/mol. The van der Waals surface area contributed by atoms with E-state index in [-0.39, 0.29) is 18.2 Å². The summed E-state index contributed by atoms with van der Waals surface area (Å²) in [5.74, 6) is -0.670. The maximum Gasteiger partial charge on any atom is 0.329 e. The molecule has 1 N–H and O–H groups in total. The molecule has 0 aliphatic carbocycles. The summed E-state index contributed by atoms with van der Waals surface area (Å²) < 4.78 is 6.90. The number of nitrogens with zero attached hydrogens (tertiary/aromatic N) is 3. The van der Waals surface area contributed by atoms with Crippen molar-refractivity contribution < 1.29 is 14.3 Å². The number of aromatic nitrogens is 3. The standard InChI is InChI=1S/C14H24N4O3/c1-10(2)12(13(20)21-14(3,4)5)16-11(19)6-8-18-9-7-15-17-18/h7,9-10,12H,6,8H2,1-5H3,(H,16,19)/t12-/m1/s1. The van der Waals surface area contributed by atoms with Gasteiger partial charge in [-0.1, -0.05) is 19.1 Å². The van der Waals surface area contributed by atoms with Gasteiger partial charge in [-0.05, 0) is 26.7 Å². The van der Waals surface area contributed by atoms with Crippen molar-refractivity contribution in [2.45, 2.75) is 59.2 Å². The molecule has 1 aromatic heterocycles. The largest absolute Gasteiger partial charge is 0.458 e. The van der Waals surface area contributed by atoms with E-state index in [2.05, 4.69) is 15.6 Å². The molecular formula is C14H24N4O3. The van der Waals surface area contributed by atoms with E-state index in [0.29, 0.717) is 6.54 Å². The van der Waals surface area contributed by atoms with Crippen molar-refractivity contribution in [3.63, 3.8) is 0 Å². The smallest absolute Gasteiger partial charge is 0.329 e. The Morgan fingerprint density at radius 2 is 2.00 bits per heavy atom. The Kier molecular flexibility index (Phi) is 5.87. The van der Waals surface area contributed by atoms with Crippen LogP contribution in [0.25, 0.3) is 0 Å². The Labute approximate surface area is 125 Å². The molecule has 1 amide bonds. The van der Waals surface area contributed by atoms with Crippen LogP contribution < -0.4 is 5.32 Å². The highest BCUT2D eigenvalue weighted by Gasteiger charge is 2.28. The molecule has 0 aromatic carbocycles. The molecule has 7 nitrogen and oxygen atoms in total. The van der Waals surface area contributed by atoms with E-state index in [1.807, 2.05) is 13.8 Å². The molecule has 0 aliphatic heterocycles. The molecule has 0 saturated heterocycles. The van der Waals surface area contributed by atoms with Crippen LogP contribution in [0.3, 0.4) is 0 Å². The minimum atomic E-state index is -0.646. The van der Waals surface area contributed by atoms with Crippen LogP contribution in [-0.4, -0.2) is 38.5 Å². The number of hydrogen-bond acceptors (Lipinski definition) is 5. The zero-order valence-electron chi connectivity index (χ0n) is 13.3. The van der Waals surface area contributed by atoms with Gasteiger partial charge in [0.05, 0.1) is 12.7 Å². The number of carbonyl (C=O) groups is 2. The summed E-state index contributed by atoms with van der Waals surface area (Å²) in [5.41, 5.74) is -0.574. The highest BCUT2D eigenvalue weighted by Crippen LogP contribution is 2.12. The topological polar surface area (TPSA) is 86.1 Å². The molecule has 21 heavy (non-hydrogen) atoms. The highest BCUT2D eigenvalue weighted by atomic mass is 16.6. The number of aryl methyl sites for hydroxylation is 1. The average molecular weight is 296 g/mol. The summed E-state index contributed by atoms with van der Waals surface area (Å²) in [6.45, 7) is 9.56. The van der Waals surface area contributed by atoms with Gasteiger partial charge in [-0.2, -0.15) is 0 Å². The molecule has 0 fully saturated rings. The lowest BCUT2D eigenvalue weighted by molar-refractivity contribution is -0.160. The van der Waals surface area contributed by atoms with Gasteiger partial charge in [-0.25, -0.2) is 4.79 Å². The second kappa shape index (κ2) is 7.19. The Morgan fingerprint density at radius 1 is 1.33 bits per heavy atom. The van der Waals surface area contributed by atoms with Crippen LogP contribution >= 0.6 is 0 Å². The Morgan fingerprint density at radius 3 is 2.48 bits per heavy atom. The highest BCUT2D eigenvalue weighted by molar-refractivity contribution is 5.84. The van der Waals surface area contributed by atoms with Gasteiger partial charge in [0.2, 0.25) is 5.91 Å². The zero-order valence-corrected chi connectivity index (χ0v) is 13.3. The van der Waals surface area contributed by atoms with Crippen molar-refractivity contribution in [2.24, 2.45) is 5.92 Å². The normalized spacial score (nSPS) is 13.0. The fraction of sp³-hybridized carbons (Fsp3) is 0.714. The summed E-state index contributed by atoms with van der Waals surface area (Å²) in [6.07, 6.45) is 3.46. The predicted octanol–water partition coefficient (Wildman–Crippen LogP) is 1.15. The number of ether oxygens (including phenoxy) is 1. The van der Waals surface area contributed by atoms with Gasteiger partial charge in [-0.15, -0.1) is 5.10 Å². The fourth-order valence-electron chi connectivity index (χ4n) is 1.68. The van der Waals surface area contributed by atoms with Crippen LogP contribution in [0.15, 0.2) is 12.4 Å². The van der Waals surface area contributed by atoms with Gasteiger partial charge in [0, 0.05) is 12.6 Å². The Bertz CT molecular complexity index is 463. The summed E-state index contributed by atoms with van der Waals surface area (Å²) in [7, 11) is 0. The second-order valence-corrected chi connectivity index (χ2v) is 6.24. The maximum absolute atomic E-state index is 12.1. The van der Waals surface area contributed by atoms with Crippen LogP contribution in [0.5, 0.6) is 0 Å². The van der Waals surface area contributed by atoms with Crippen molar-refractivity contribution >= 4 is 11.9 Å². The number of nitrogens with one attached hydrogen (secondary N) is 1. The third-order valence-electron chi connectivity index (χ3n) is 2.68. The second-order valence-electron chi connectivity index (χ2n) is 6.24. The van der Waals surface area contributed by atoms with Crippen LogP contribution in [0.4, 0.5) is 0 Å². The van der Waals surface area contributed by atoms with Crippen molar-refractivity contribution in [3.8, 4) is 0 Å². The number of esters is 1. The van der Waals surface area contributed by atoms with E-state index >= 15 is 0 Å². The van der Waals surface area contributed by atoms with E-state index in [9.17, 15) is 9.59 Å². The number of carbonyl (C=O) groups excluding carboxylic acids is 2. The molecule has 118 valence electrons. The van der Waals surface area contributed by atoms with Crippen molar-refractivity contribution in [2.75, 3.05) is 0 Å². The van der Waals surface area contributed by atoms with Crippen LogP contribution in [0.1, 0.15) is 41.0 Å². The molecule has 0 bridgehead atoms. The third-order valence-corrected chi connectivity index (χ3v) is 2.68. The zero-order chi connectivity index (χ0) is 16.0. The summed E-state index contributed by atoms with van der Waals surface area (Å²) in [4.78, 5) is 24.0. The summed E-state index contributed by atoms with van der Waals surface area (Å²) in [5, 5.41) is 10.2. The fourth-order valence-corrected chi connectivity index (χ4v) is 1.68. The van der Waals surface area contributed by atoms with Crippen LogP contribution in [0, 0.1) is 5.92 Å². The van der Waals surface area contributed by atoms with Gasteiger partial charge >= 0.3 is 5.97 Å². The van der Waals surface area contributed by atoms with E-state index in [1.165, 1.54) is 0 Å². The SMILES string of the molecule is CC(C)[C@@H](NC(=O)CCn1ccnn1)C(=O)OC(C)(C)C. The Balaban J connectivity index is 2.53. The molecule has 1 atom stereocenters. The molecule has 1 heterocycles. The molecule has 0 aliphatic rings. The first-order chi connectivity index (χ1) is 9.69. The average Bonchev–Trinajstić information content (AvgIpc) is 2.83. The number of hydrogen-bond donors (Lipinski definition) is 1. The molecule has 7 heteroatoms. The Hall–Kier alpha value is -1.92. The van der Waals surface area contributed by atoms with Crippen molar-refractivity contribution in [1.82, 2.24) is 20.3 Å². The van der Waals surface area contributed by atoms with Crippen LogP contribution in [0.2, 0.25) is 0 Å². The van der Waals surface area contributed by atoms with Gasteiger partial charge < -0.3 is 10.1 Å². The third kappa shape index (κ3) is 6.37. The number of amides is 1. The maximum atomic E-state index is 12.1. The summed E-state index contributed by atoms with van der Waals surface area (Å²) >= 11 is 0. The monoisotopic (exact) mass is 296 g/mol. The van der Waals surface area contributed by atoms with E-state index in [1.54, 1.807) is 37.8 Å². The van der Waals surface area contributed by atoms with Gasteiger partial charge in [0.25, 0.3) is 0 Å². The molecular weight excluding hydrogens is 272 g/mol. The first-order valence-corrected chi connectivity index (χ1v) is 7.05. The number of rotatable bonds is 6. The molecule has 0 spiro atoms. The summed E-state index contributed by atoms with van der Waals surface area (Å²) in [6, 6.07) is -0.646. The van der Waals surface area contributed by atoms with Crippen LogP contribution in [-0.2, 0) is 20.9 Å². The lowest BCUT2D eigenvalue weighted by atomic mass is 10.0. The van der Waals surface area contributed by atoms with E-state index < -0.39 is 17.6 Å². The molecule has 0 radical (unpaired) electrons. The quantitative estimate of drug-likeness (QED) is 0.796. The van der Waals surface area contributed by atoms with E-state index in [0.717, 1.165) is 0 Å². The minimum Gasteiger partial charge on any atom is -0.458 e. The van der Waals surface area contributed by atoms with Gasteiger partial charge in [0.1, 0.15) is 11.6 Å². The molecule has 0 unspecified atom stereocenters. The molecule has 0 saturated carbocycles.